The predicted octanol–water partition coefficient (Wildman–Crippen LogP) is 3.96. The van der Waals surface area contributed by atoms with Crippen LogP contribution in [0.4, 0.5) is 5.69 Å². The Morgan fingerprint density at radius 2 is 1.68 bits per heavy atom. The highest BCUT2D eigenvalue weighted by molar-refractivity contribution is 5.47. The number of aromatic nitrogens is 2. The molecule has 0 amide bonds. The van der Waals surface area contributed by atoms with Gasteiger partial charge in [0.1, 0.15) is 0 Å². The Morgan fingerprint density at radius 1 is 0.955 bits per heavy atom. The minimum atomic E-state index is -0.0343. The summed E-state index contributed by atoms with van der Waals surface area (Å²) in [6, 6.07) is 20.9. The first kappa shape index (κ1) is 13.1. The number of anilines is 1. The van der Waals surface area contributed by atoms with Gasteiger partial charge in [-0.15, -0.1) is 0 Å². The van der Waals surface area contributed by atoms with Gasteiger partial charge < -0.3 is 4.57 Å². The van der Waals surface area contributed by atoms with E-state index in [9.17, 15) is 0 Å². The van der Waals surface area contributed by atoms with Gasteiger partial charge in [0.25, 0.3) is 0 Å². The zero-order valence-corrected chi connectivity index (χ0v) is 12.1. The van der Waals surface area contributed by atoms with Gasteiger partial charge >= 0.3 is 0 Å². The molecule has 0 spiro atoms. The number of benzene rings is 2. The smallest absolute Gasteiger partial charge is 0.164 e. The first-order valence-electron chi connectivity index (χ1n) is 7.45. The monoisotopic (exact) mass is 291 g/mol. The van der Waals surface area contributed by atoms with E-state index in [0.29, 0.717) is 0 Å². The molecule has 4 nitrogen and oxygen atoms in total. The summed E-state index contributed by atoms with van der Waals surface area (Å²) in [4.78, 5) is 10.3. The Kier molecular flexibility index (Phi) is 3.37. The second kappa shape index (κ2) is 5.66. The Labute approximate surface area is 129 Å². The molecule has 0 radical (unpaired) electrons. The molecular weight excluding hydrogens is 274 g/mol. The molecule has 0 bridgehead atoms. The van der Waals surface area contributed by atoms with Crippen molar-refractivity contribution in [1.82, 2.24) is 9.55 Å². The molecule has 1 fully saturated rings. The molecule has 4 rings (SSSR count). The molecule has 0 N–H and O–H groups in total. The van der Waals surface area contributed by atoms with Crippen molar-refractivity contribution in [2.24, 2.45) is 0 Å². The van der Waals surface area contributed by atoms with Crippen molar-refractivity contribution < 1.29 is 4.84 Å². The fourth-order valence-electron chi connectivity index (χ4n) is 2.91. The van der Waals surface area contributed by atoms with Crippen LogP contribution in [0.1, 0.15) is 24.3 Å². The van der Waals surface area contributed by atoms with E-state index in [2.05, 4.69) is 41.4 Å². The van der Waals surface area contributed by atoms with Crippen LogP contribution in [0.25, 0.3) is 0 Å². The van der Waals surface area contributed by atoms with Gasteiger partial charge in [-0.2, -0.15) is 0 Å². The van der Waals surface area contributed by atoms with E-state index in [1.54, 1.807) is 12.5 Å². The summed E-state index contributed by atoms with van der Waals surface area (Å²) in [6.45, 7) is 0. The molecule has 2 heterocycles. The lowest BCUT2D eigenvalue weighted by Gasteiger charge is -2.24. The van der Waals surface area contributed by atoms with Gasteiger partial charge in [-0.3, -0.25) is 0 Å². The number of rotatable bonds is 3. The highest BCUT2D eigenvalue weighted by Gasteiger charge is 2.35. The van der Waals surface area contributed by atoms with Gasteiger partial charge in [0.2, 0.25) is 0 Å². The van der Waals surface area contributed by atoms with Gasteiger partial charge in [-0.25, -0.2) is 14.9 Å². The van der Waals surface area contributed by atoms with Crippen LogP contribution in [0.3, 0.4) is 0 Å². The van der Waals surface area contributed by atoms with Crippen LogP contribution in [0.15, 0.2) is 79.4 Å². The number of hydroxylamine groups is 1. The van der Waals surface area contributed by atoms with E-state index >= 15 is 0 Å². The lowest BCUT2D eigenvalue weighted by atomic mass is 10.0. The van der Waals surface area contributed by atoms with E-state index < -0.39 is 0 Å². The van der Waals surface area contributed by atoms with Gasteiger partial charge in [0, 0.05) is 18.8 Å². The zero-order chi connectivity index (χ0) is 14.8. The normalized spacial score (nSPS) is 21.2. The van der Waals surface area contributed by atoms with E-state index in [0.717, 1.165) is 12.1 Å². The molecule has 1 aliphatic heterocycles. The summed E-state index contributed by atoms with van der Waals surface area (Å²) in [5.41, 5.74) is 2.33. The van der Waals surface area contributed by atoms with Crippen molar-refractivity contribution in [1.29, 1.82) is 0 Å². The van der Waals surface area contributed by atoms with Crippen LogP contribution in [0.5, 0.6) is 0 Å². The molecule has 2 unspecified atom stereocenters. The van der Waals surface area contributed by atoms with Crippen LogP contribution in [-0.2, 0) is 4.84 Å². The number of para-hydroxylation sites is 1. The molecule has 110 valence electrons. The van der Waals surface area contributed by atoms with Crippen LogP contribution >= 0.6 is 0 Å². The SMILES string of the molecule is c1ccc(C2CC(n3ccnc3)ON2c2ccccc2)cc1. The first-order valence-corrected chi connectivity index (χ1v) is 7.45. The summed E-state index contributed by atoms with van der Waals surface area (Å²) in [7, 11) is 0. The fraction of sp³-hybridized carbons (Fsp3) is 0.167. The molecule has 2 aromatic carbocycles. The average molecular weight is 291 g/mol. The molecule has 4 heteroatoms. The van der Waals surface area contributed by atoms with Crippen LogP contribution in [-0.4, -0.2) is 9.55 Å². The Hall–Kier alpha value is -2.59. The first-order chi connectivity index (χ1) is 10.9. The van der Waals surface area contributed by atoms with Crippen LogP contribution < -0.4 is 5.06 Å². The molecular formula is C18H17N3O. The maximum absolute atomic E-state index is 6.22. The van der Waals surface area contributed by atoms with Gasteiger partial charge in [0.05, 0.1) is 18.1 Å². The molecule has 0 aliphatic carbocycles. The Bertz CT molecular complexity index is 665. The van der Waals surface area contributed by atoms with Gasteiger partial charge in [-0.05, 0) is 17.7 Å². The summed E-state index contributed by atoms with van der Waals surface area (Å²) in [6.07, 6.45) is 6.39. The average Bonchev–Trinajstić information content (AvgIpc) is 3.26. The van der Waals surface area contributed by atoms with Crippen molar-refractivity contribution in [3.63, 3.8) is 0 Å². The van der Waals surface area contributed by atoms with Crippen molar-refractivity contribution in [3.05, 3.63) is 84.9 Å². The number of imidazole rings is 1. The topological polar surface area (TPSA) is 30.3 Å². The molecule has 1 aromatic heterocycles. The van der Waals surface area contributed by atoms with E-state index in [1.807, 2.05) is 40.1 Å². The Balaban J connectivity index is 1.70. The van der Waals surface area contributed by atoms with E-state index in [4.69, 9.17) is 4.84 Å². The zero-order valence-electron chi connectivity index (χ0n) is 12.1. The lowest BCUT2D eigenvalue weighted by Crippen LogP contribution is -2.21. The minimum Gasteiger partial charge on any atom is -0.309 e. The molecule has 22 heavy (non-hydrogen) atoms. The van der Waals surface area contributed by atoms with Crippen LogP contribution in [0.2, 0.25) is 0 Å². The van der Waals surface area contributed by atoms with Crippen molar-refractivity contribution in [2.45, 2.75) is 18.7 Å². The van der Waals surface area contributed by atoms with Gasteiger partial charge in [0.15, 0.2) is 6.23 Å². The maximum atomic E-state index is 6.22. The predicted molar refractivity (Wildman–Crippen MR) is 85.1 cm³/mol. The maximum Gasteiger partial charge on any atom is 0.164 e. The van der Waals surface area contributed by atoms with Crippen LogP contribution in [0, 0.1) is 0 Å². The van der Waals surface area contributed by atoms with Gasteiger partial charge in [-0.1, -0.05) is 48.5 Å². The summed E-state index contributed by atoms with van der Waals surface area (Å²) in [5.74, 6) is 0. The summed E-state index contributed by atoms with van der Waals surface area (Å²) < 4.78 is 2.01. The largest absolute Gasteiger partial charge is 0.309 e. The van der Waals surface area contributed by atoms with Crippen molar-refractivity contribution >= 4 is 5.69 Å². The molecule has 3 aromatic rings. The number of hydrogen-bond donors (Lipinski definition) is 0. The molecule has 0 saturated carbocycles. The third kappa shape index (κ3) is 2.38. The third-order valence-electron chi connectivity index (χ3n) is 4.00. The summed E-state index contributed by atoms with van der Waals surface area (Å²) in [5, 5.41) is 2.01. The number of nitrogens with zero attached hydrogens (tertiary/aromatic N) is 3. The number of hydrogen-bond acceptors (Lipinski definition) is 3. The van der Waals surface area contributed by atoms with E-state index in [-0.39, 0.29) is 12.3 Å². The second-order valence-electron chi connectivity index (χ2n) is 5.39. The Morgan fingerprint density at radius 3 is 2.36 bits per heavy atom. The lowest BCUT2D eigenvalue weighted by molar-refractivity contribution is 0.0346. The molecule has 1 saturated heterocycles. The fourth-order valence-corrected chi connectivity index (χ4v) is 2.91. The van der Waals surface area contributed by atoms with E-state index in [1.165, 1.54) is 5.56 Å². The standard InChI is InChI=1S/C18H17N3O/c1-3-7-15(8-4-1)17-13-18(20-12-11-19-14-20)22-21(17)16-9-5-2-6-10-16/h1-12,14,17-18H,13H2. The quantitative estimate of drug-likeness (QED) is 0.731. The molecule has 1 aliphatic rings. The minimum absolute atomic E-state index is 0.0343. The third-order valence-corrected chi connectivity index (χ3v) is 4.00. The van der Waals surface area contributed by atoms with Crippen molar-refractivity contribution in [3.8, 4) is 0 Å². The highest BCUT2D eigenvalue weighted by atomic mass is 16.7. The summed E-state index contributed by atoms with van der Waals surface area (Å²) >= 11 is 0. The van der Waals surface area contributed by atoms with Crippen molar-refractivity contribution in [2.75, 3.05) is 5.06 Å². The second-order valence-corrected chi connectivity index (χ2v) is 5.39. The molecule has 2 atom stereocenters. The highest BCUT2D eigenvalue weighted by Crippen LogP contribution is 2.41.